The van der Waals surface area contributed by atoms with Crippen LogP contribution in [0.2, 0.25) is 0 Å². The standard InChI is InChI=1S/C22H33N.CH4O/c1-3-4-5-6-7-17-8-9-19-15-20(11-10-18(19)14-17)21-12-13-22(2,23)16-21;1-2/h5-6,10-11,15,17,21H,3-4,7-9,12-14,16,23H2,1-2H3;2H,1H3/b6-5+;/t17-,21+,22-;/m1./s1. The third-order valence-corrected chi connectivity index (χ3v) is 5.90. The summed E-state index contributed by atoms with van der Waals surface area (Å²) in [5, 5.41) is 7.00. The topological polar surface area (TPSA) is 46.2 Å². The Hall–Kier alpha value is -1.12. The molecule has 0 spiro atoms. The summed E-state index contributed by atoms with van der Waals surface area (Å²) in [6.07, 6.45) is 16.0. The molecule has 0 bridgehead atoms. The van der Waals surface area contributed by atoms with E-state index in [-0.39, 0.29) is 5.54 Å². The SMILES string of the molecule is CCC/C=C/C[C@@H]1CCc2cc([C@H]3CC[C@@](C)(N)C3)ccc2C1.CO. The van der Waals surface area contributed by atoms with Crippen molar-refractivity contribution in [1.29, 1.82) is 0 Å². The largest absolute Gasteiger partial charge is 0.400 e. The van der Waals surface area contributed by atoms with Gasteiger partial charge in [0.1, 0.15) is 0 Å². The van der Waals surface area contributed by atoms with Gasteiger partial charge in [0, 0.05) is 12.6 Å². The Morgan fingerprint density at radius 1 is 1.20 bits per heavy atom. The van der Waals surface area contributed by atoms with Crippen molar-refractivity contribution in [3.05, 3.63) is 47.0 Å². The molecule has 2 heteroatoms. The van der Waals surface area contributed by atoms with Gasteiger partial charge in [-0.3, -0.25) is 0 Å². The van der Waals surface area contributed by atoms with Gasteiger partial charge in [0.15, 0.2) is 0 Å². The quantitative estimate of drug-likeness (QED) is 0.728. The minimum Gasteiger partial charge on any atom is -0.400 e. The summed E-state index contributed by atoms with van der Waals surface area (Å²) in [6, 6.07) is 7.31. The van der Waals surface area contributed by atoms with E-state index in [9.17, 15) is 0 Å². The van der Waals surface area contributed by atoms with Crippen LogP contribution in [0.25, 0.3) is 0 Å². The third-order valence-electron chi connectivity index (χ3n) is 5.90. The molecular formula is C23H37NO. The van der Waals surface area contributed by atoms with Crippen molar-refractivity contribution in [3.63, 3.8) is 0 Å². The second-order valence-electron chi connectivity index (χ2n) is 8.23. The molecule has 0 amide bonds. The fraction of sp³-hybridized carbons (Fsp3) is 0.652. The maximum absolute atomic E-state index is 7.00. The molecular weight excluding hydrogens is 306 g/mol. The van der Waals surface area contributed by atoms with Gasteiger partial charge < -0.3 is 10.8 Å². The van der Waals surface area contributed by atoms with Gasteiger partial charge in [-0.25, -0.2) is 0 Å². The first-order chi connectivity index (χ1) is 12.1. The monoisotopic (exact) mass is 343 g/mol. The number of aryl methyl sites for hydroxylation is 1. The number of aliphatic hydroxyl groups excluding tert-OH is 1. The van der Waals surface area contributed by atoms with Crippen LogP contribution in [0, 0.1) is 5.92 Å². The first-order valence-electron chi connectivity index (χ1n) is 10.1. The lowest BCUT2D eigenvalue weighted by molar-refractivity contribution is 0.399. The number of unbranched alkanes of at least 4 members (excludes halogenated alkanes) is 1. The predicted molar refractivity (Wildman–Crippen MR) is 108 cm³/mol. The highest BCUT2D eigenvalue weighted by Gasteiger charge is 2.32. The summed E-state index contributed by atoms with van der Waals surface area (Å²) < 4.78 is 0. The van der Waals surface area contributed by atoms with Crippen molar-refractivity contribution in [2.75, 3.05) is 7.11 Å². The molecule has 0 heterocycles. The normalized spacial score (nSPS) is 28.5. The van der Waals surface area contributed by atoms with Gasteiger partial charge in [0.2, 0.25) is 0 Å². The van der Waals surface area contributed by atoms with E-state index in [1.165, 1.54) is 51.4 Å². The molecule has 2 aliphatic rings. The molecule has 0 saturated heterocycles. The molecule has 3 N–H and O–H groups in total. The molecule has 140 valence electrons. The van der Waals surface area contributed by atoms with E-state index in [1.54, 1.807) is 16.7 Å². The summed E-state index contributed by atoms with van der Waals surface area (Å²) in [4.78, 5) is 0. The highest BCUT2D eigenvalue weighted by molar-refractivity contribution is 5.36. The second-order valence-corrected chi connectivity index (χ2v) is 8.23. The van der Waals surface area contributed by atoms with E-state index in [1.807, 2.05) is 0 Å². The van der Waals surface area contributed by atoms with Crippen LogP contribution in [0.5, 0.6) is 0 Å². The highest BCUT2D eigenvalue weighted by Crippen LogP contribution is 2.40. The van der Waals surface area contributed by atoms with E-state index >= 15 is 0 Å². The van der Waals surface area contributed by atoms with Crippen LogP contribution >= 0.6 is 0 Å². The van der Waals surface area contributed by atoms with E-state index in [0.717, 1.165) is 19.4 Å². The smallest absolute Gasteiger partial charge is 0.0319 e. The van der Waals surface area contributed by atoms with Gasteiger partial charge in [-0.2, -0.15) is 0 Å². The molecule has 0 aliphatic heterocycles. The Bertz CT molecular complexity index is 561. The summed E-state index contributed by atoms with van der Waals surface area (Å²) >= 11 is 0. The maximum Gasteiger partial charge on any atom is 0.0319 e. The highest BCUT2D eigenvalue weighted by atomic mass is 16.2. The lowest BCUT2D eigenvalue weighted by Gasteiger charge is -2.25. The molecule has 1 fully saturated rings. The number of allylic oxidation sites excluding steroid dienone is 2. The summed E-state index contributed by atoms with van der Waals surface area (Å²) in [5.74, 6) is 1.53. The minimum absolute atomic E-state index is 0.0521. The molecule has 1 aromatic rings. The summed E-state index contributed by atoms with van der Waals surface area (Å²) in [5.41, 5.74) is 11.1. The molecule has 2 aliphatic carbocycles. The molecule has 3 atom stereocenters. The van der Waals surface area contributed by atoms with Crippen LogP contribution in [0.4, 0.5) is 0 Å². The predicted octanol–water partition coefficient (Wildman–Crippen LogP) is 5.13. The zero-order chi connectivity index (χ0) is 18.3. The average Bonchev–Trinajstić information content (AvgIpc) is 3.00. The van der Waals surface area contributed by atoms with E-state index in [2.05, 4.69) is 44.2 Å². The molecule has 0 unspecified atom stereocenters. The molecule has 0 radical (unpaired) electrons. The number of hydrogen-bond acceptors (Lipinski definition) is 2. The van der Waals surface area contributed by atoms with Crippen LogP contribution < -0.4 is 5.73 Å². The molecule has 1 saturated carbocycles. The van der Waals surface area contributed by atoms with Gasteiger partial charge in [-0.15, -0.1) is 0 Å². The lowest BCUT2D eigenvalue weighted by atomic mass is 9.80. The van der Waals surface area contributed by atoms with Crippen molar-refractivity contribution in [1.82, 2.24) is 0 Å². The fourth-order valence-corrected chi connectivity index (χ4v) is 4.43. The van der Waals surface area contributed by atoms with Crippen LogP contribution in [-0.2, 0) is 12.8 Å². The Balaban J connectivity index is 0.00000109. The van der Waals surface area contributed by atoms with Crippen molar-refractivity contribution in [3.8, 4) is 0 Å². The Morgan fingerprint density at radius 2 is 2.00 bits per heavy atom. The first kappa shape index (κ1) is 20.2. The van der Waals surface area contributed by atoms with Gasteiger partial charge >= 0.3 is 0 Å². The van der Waals surface area contributed by atoms with E-state index in [4.69, 9.17) is 10.8 Å². The number of aliphatic hydroxyl groups is 1. The van der Waals surface area contributed by atoms with Crippen molar-refractivity contribution in [2.45, 2.75) is 83.1 Å². The van der Waals surface area contributed by atoms with Crippen LogP contribution in [0.3, 0.4) is 0 Å². The second kappa shape index (κ2) is 9.54. The van der Waals surface area contributed by atoms with Crippen molar-refractivity contribution < 1.29 is 5.11 Å². The van der Waals surface area contributed by atoms with Gasteiger partial charge in [0.25, 0.3) is 0 Å². The Morgan fingerprint density at radius 3 is 2.68 bits per heavy atom. The third kappa shape index (κ3) is 5.69. The summed E-state index contributed by atoms with van der Waals surface area (Å²) in [7, 11) is 1.00. The fourth-order valence-electron chi connectivity index (χ4n) is 4.43. The number of hydrogen-bond donors (Lipinski definition) is 2. The van der Waals surface area contributed by atoms with E-state index < -0.39 is 0 Å². The molecule has 1 aromatic carbocycles. The molecule has 2 nitrogen and oxygen atoms in total. The number of nitrogens with two attached hydrogens (primary N) is 1. The first-order valence-corrected chi connectivity index (χ1v) is 10.1. The lowest BCUT2D eigenvalue weighted by Crippen LogP contribution is -2.32. The molecule has 3 rings (SSSR count). The number of benzene rings is 1. The Labute approximate surface area is 154 Å². The minimum atomic E-state index is 0.0521. The van der Waals surface area contributed by atoms with Gasteiger partial charge in [0.05, 0.1) is 0 Å². The average molecular weight is 344 g/mol. The van der Waals surface area contributed by atoms with Crippen LogP contribution in [-0.4, -0.2) is 17.8 Å². The molecule has 0 aromatic heterocycles. The maximum atomic E-state index is 7.00. The van der Waals surface area contributed by atoms with Crippen LogP contribution in [0.1, 0.15) is 81.4 Å². The van der Waals surface area contributed by atoms with Crippen molar-refractivity contribution in [2.24, 2.45) is 11.7 Å². The zero-order valence-corrected chi connectivity index (χ0v) is 16.4. The van der Waals surface area contributed by atoms with E-state index in [0.29, 0.717) is 5.92 Å². The van der Waals surface area contributed by atoms with Gasteiger partial charge in [-0.1, -0.05) is 43.7 Å². The number of rotatable bonds is 5. The van der Waals surface area contributed by atoms with Crippen molar-refractivity contribution >= 4 is 0 Å². The zero-order valence-electron chi connectivity index (χ0n) is 16.4. The number of fused-ring (bicyclic) bond motifs is 1. The van der Waals surface area contributed by atoms with Gasteiger partial charge in [-0.05, 0) is 86.8 Å². The Kier molecular flexibility index (Phi) is 7.71. The summed E-state index contributed by atoms with van der Waals surface area (Å²) in [6.45, 7) is 4.46. The van der Waals surface area contributed by atoms with Crippen LogP contribution in [0.15, 0.2) is 30.4 Å². The molecule has 25 heavy (non-hydrogen) atoms.